The number of hydrogen-bond donors (Lipinski definition) is 1. The minimum Gasteiger partial charge on any atom is -0.280 e. The lowest BCUT2D eigenvalue weighted by Gasteiger charge is -2.17. The van der Waals surface area contributed by atoms with Crippen LogP contribution in [0, 0.1) is 13.8 Å². The number of nitrogens with zero attached hydrogens (tertiary/aromatic N) is 1. The van der Waals surface area contributed by atoms with Gasteiger partial charge in [0.2, 0.25) is 10.0 Å². The molecule has 0 fully saturated rings. The van der Waals surface area contributed by atoms with Gasteiger partial charge < -0.3 is 0 Å². The van der Waals surface area contributed by atoms with Crippen molar-refractivity contribution in [1.29, 1.82) is 0 Å². The molecule has 0 bridgehead atoms. The lowest BCUT2D eigenvalue weighted by Crippen LogP contribution is -2.27. The highest BCUT2D eigenvalue weighted by Gasteiger charge is 2.26. The second-order valence-electron chi connectivity index (χ2n) is 6.30. The van der Waals surface area contributed by atoms with Crippen molar-refractivity contribution in [2.45, 2.75) is 25.2 Å². The van der Waals surface area contributed by atoms with Crippen molar-refractivity contribution < 1.29 is 16.8 Å². The van der Waals surface area contributed by atoms with Crippen molar-refractivity contribution in [3.05, 3.63) is 53.1 Å². The second kappa shape index (κ2) is 6.03. The molecule has 8 heteroatoms. The number of fused-ring (bicyclic) bond motifs is 1. The Kier molecular flexibility index (Phi) is 4.28. The molecule has 0 spiro atoms. The van der Waals surface area contributed by atoms with Crippen LogP contribution in [0.25, 0.3) is 0 Å². The third-order valence-electron chi connectivity index (χ3n) is 4.20. The molecule has 2 aromatic rings. The van der Waals surface area contributed by atoms with E-state index in [9.17, 15) is 16.8 Å². The van der Waals surface area contributed by atoms with Crippen LogP contribution < -0.4 is 9.03 Å². The molecule has 1 N–H and O–H groups in total. The van der Waals surface area contributed by atoms with Gasteiger partial charge in [0, 0.05) is 12.2 Å². The SMILES string of the molecule is Cc1ccc(S(=O)(=O)Nc2ccc3c(c2)CCN3S(C)(=O)=O)c(C)c1. The summed E-state index contributed by atoms with van der Waals surface area (Å²) in [6.45, 7) is 4.04. The molecule has 0 atom stereocenters. The minimum absolute atomic E-state index is 0.233. The number of rotatable bonds is 4. The number of benzene rings is 2. The number of anilines is 2. The second-order valence-corrected chi connectivity index (χ2v) is 9.86. The summed E-state index contributed by atoms with van der Waals surface area (Å²) in [5.41, 5.74) is 3.52. The predicted octanol–water partition coefficient (Wildman–Crippen LogP) is 2.43. The van der Waals surface area contributed by atoms with Crippen LogP contribution in [0.5, 0.6) is 0 Å². The minimum atomic E-state index is -3.70. The quantitative estimate of drug-likeness (QED) is 0.883. The maximum atomic E-state index is 12.6. The first-order chi connectivity index (χ1) is 11.6. The van der Waals surface area contributed by atoms with E-state index in [1.165, 1.54) is 10.6 Å². The fourth-order valence-corrected chi connectivity index (χ4v) is 5.33. The van der Waals surface area contributed by atoms with Crippen molar-refractivity contribution in [2.75, 3.05) is 21.8 Å². The van der Waals surface area contributed by atoms with Gasteiger partial charge in [-0.15, -0.1) is 0 Å². The maximum Gasteiger partial charge on any atom is 0.262 e. The molecule has 0 amide bonds. The van der Waals surface area contributed by atoms with E-state index in [0.717, 1.165) is 11.1 Å². The number of nitrogens with one attached hydrogen (secondary N) is 1. The molecule has 25 heavy (non-hydrogen) atoms. The average Bonchev–Trinajstić information content (AvgIpc) is 2.89. The zero-order chi connectivity index (χ0) is 18.4. The van der Waals surface area contributed by atoms with Gasteiger partial charge in [0.25, 0.3) is 10.0 Å². The topological polar surface area (TPSA) is 83.6 Å². The normalized spacial score (nSPS) is 14.4. The van der Waals surface area contributed by atoms with Gasteiger partial charge in [-0.3, -0.25) is 9.03 Å². The van der Waals surface area contributed by atoms with Crippen molar-refractivity contribution >= 4 is 31.4 Å². The highest BCUT2D eigenvalue weighted by molar-refractivity contribution is 7.92. The van der Waals surface area contributed by atoms with E-state index in [1.54, 1.807) is 37.3 Å². The van der Waals surface area contributed by atoms with Crippen LogP contribution >= 0.6 is 0 Å². The van der Waals surface area contributed by atoms with Gasteiger partial charge in [0.1, 0.15) is 0 Å². The standard InChI is InChI=1S/C17H20N2O4S2/c1-12-4-7-17(13(2)10-12)25(22,23)18-15-5-6-16-14(11-15)8-9-19(16)24(3,20)21/h4-7,10-11,18H,8-9H2,1-3H3. The van der Waals surface area contributed by atoms with Crippen LogP contribution in [0.4, 0.5) is 11.4 Å². The molecule has 6 nitrogen and oxygen atoms in total. The first kappa shape index (κ1) is 17.8. The molecule has 1 aliphatic rings. The Morgan fingerprint density at radius 1 is 1.00 bits per heavy atom. The van der Waals surface area contributed by atoms with Gasteiger partial charge in [-0.1, -0.05) is 17.7 Å². The Bertz CT molecular complexity index is 1040. The Hall–Kier alpha value is -2.06. The highest BCUT2D eigenvalue weighted by Crippen LogP contribution is 2.33. The zero-order valence-corrected chi connectivity index (χ0v) is 15.9. The van der Waals surface area contributed by atoms with E-state index in [0.29, 0.717) is 29.9 Å². The number of aryl methyl sites for hydroxylation is 2. The molecule has 0 saturated heterocycles. The van der Waals surface area contributed by atoms with Crippen molar-refractivity contribution in [1.82, 2.24) is 0 Å². The number of hydrogen-bond acceptors (Lipinski definition) is 4. The summed E-state index contributed by atoms with van der Waals surface area (Å²) < 4.78 is 52.7. The summed E-state index contributed by atoms with van der Waals surface area (Å²) in [5, 5.41) is 0. The Labute approximate surface area is 148 Å². The number of sulfonamides is 2. The van der Waals surface area contributed by atoms with Gasteiger partial charge in [-0.05, 0) is 55.7 Å². The fourth-order valence-electron chi connectivity index (χ4n) is 3.09. The lowest BCUT2D eigenvalue weighted by molar-refractivity contribution is 0.597. The third-order valence-corrected chi connectivity index (χ3v) is 6.93. The van der Waals surface area contributed by atoms with Crippen LogP contribution in [-0.2, 0) is 26.5 Å². The van der Waals surface area contributed by atoms with Gasteiger partial charge in [0.05, 0.1) is 16.8 Å². The molecule has 3 rings (SSSR count). The van der Waals surface area contributed by atoms with Crippen molar-refractivity contribution in [2.24, 2.45) is 0 Å². The molecule has 0 saturated carbocycles. The Balaban J connectivity index is 1.92. The summed E-state index contributed by atoms with van der Waals surface area (Å²) >= 11 is 0. The first-order valence-corrected chi connectivity index (χ1v) is 11.1. The Morgan fingerprint density at radius 3 is 2.36 bits per heavy atom. The lowest BCUT2D eigenvalue weighted by atomic mass is 10.1. The predicted molar refractivity (Wildman–Crippen MR) is 99.1 cm³/mol. The van der Waals surface area contributed by atoms with Crippen LogP contribution in [0.15, 0.2) is 41.3 Å². The van der Waals surface area contributed by atoms with Crippen LogP contribution in [0.1, 0.15) is 16.7 Å². The average molecular weight is 380 g/mol. The van der Waals surface area contributed by atoms with Crippen molar-refractivity contribution in [3.63, 3.8) is 0 Å². The van der Waals surface area contributed by atoms with Gasteiger partial charge in [0.15, 0.2) is 0 Å². The summed E-state index contributed by atoms with van der Waals surface area (Å²) in [4.78, 5) is 0.233. The van der Waals surface area contributed by atoms with Gasteiger partial charge in [-0.2, -0.15) is 0 Å². The van der Waals surface area contributed by atoms with Crippen LogP contribution in [-0.4, -0.2) is 29.6 Å². The summed E-state index contributed by atoms with van der Waals surface area (Å²) in [5.74, 6) is 0. The highest BCUT2D eigenvalue weighted by atomic mass is 32.2. The van der Waals surface area contributed by atoms with E-state index in [-0.39, 0.29) is 4.90 Å². The first-order valence-electron chi connectivity index (χ1n) is 7.79. The zero-order valence-electron chi connectivity index (χ0n) is 14.3. The van der Waals surface area contributed by atoms with E-state index < -0.39 is 20.0 Å². The monoisotopic (exact) mass is 380 g/mol. The summed E-state index contributed by atoms with van der Waals surface area (Å²) in [6, 6.07) is 10.1. The third kappa shape index (κ3) is 3.50. The van der Waals surface area contributed by atoms with E-state index in [2.05, 4.69) is 4.72 Å². The maximum absolute atomic E-state index is 12.6. The molecule has 0 aliphatic carbocycles. The fraction of sp³-hybridized carbons (Fsp3) is 0.294. The molecular formula is C17H20N2O4S2. The molecular weight excluding hydrogens is 360 g/mol. The Morgan fingerprint density at radius 2 is 1.72 bits per heavy atom. The molecule has 1 heterocycles. The molecule has 2 aromatic carbocycles. The van der Waals surface area contributed by atoms with Crippen LogP contribution in [0.2, 0.25) is 0 Å². The molecule has 1 aliphatic heterocycles. The molecule has 134 valence electrons. The van der Waals surface area contributed by atoms with E-state index >= 15 is 0 Å². The molecule has 0 unspecified atom stereocenters. The molecule has 0 aromatic heterocycles. The smallest absolute Gasteiger partial charge is 0.262 e. The van der Waals surface area contributed by atoms with E-state index in [1.807, 2.05) is 13.0 Å². The molecule has 0 radical (unpaired) electrons. The van der Waals surface area contributed by atoms with Crippen LogP contribution in [0.3, 0.4) is 0 Å². The largest absolute Gasteiger partial charge is 0.280 e. The summed E-state index contributed by atoms with van der Waals surface area (Å²) in [7, 11) is -7.02. The van der Waals surface area contributed by atoms with Crippen molar-refractivity contribution in [3.8, 4) is 0 Å². The van der Waals surface area contributed by atoms with Gasteiger partial charge in [-0.25, -0.2) is 16.8 Å². The van der Waals surface area contributed by atoms with E-state index in [4.69, 9.17) is 0 Å². The van der Waals surface area contributed by atoms with Gasteiger partial charge >= 0.3 is 0 Å². The summed E-state index contributed by atoms with van der Waals surface area (Å²) in [6.07, 6.45) is 1.72.